The lowest BCUT2D eigenvalue weighted by atomic mass is 9.94. The number of benzene rings is 2. The fraction of sp³-hybridized carbons (Fsp3) is 0.304. The molecule has 1 amide bonds. The average Bonchev–Trinajstić information content (AvgIpc) is 2.98. The smallest absolute Gasteiger partial charge is 0.295 e. The largest absolute Gasteiger partial charge is 0.507 e. The first kappa shape index (κ1) is 21.4. The van der Waals surface area contributed by atoms with E-state index in [1.54, 1.807) is 0 Å². The SMILES string of the molecule is CCCN1C(=O)C(=O)/C(=C(/O)c2cc(F)ccc2OC)C1c1ccc(N(C)C)cc1. The van der Waals surface area contributed by atoms with Crippen LogP contribution in [0.4, 0.5) is 10.1 Å². The van der Waals surface area contributed by atoms with Crippen LogP contribution in [0.3, 0.4) is 0 Å². The third kappa shape index (κ3) is 3.75. The molecule has 0 saturated carbocycles. The Labute approximate surface area is 175 Å². The molecule has 2 aromatic carbocycles. The van der Waals surface area contributed by atoms with Gasteiger partial charge in [0.05, 0.1) is 24.3 Å². The highest BCUT2D eigenvalue weighted by atomic mass is 19.1. The molecule has 158 valence electrons. The molecular formula is C23H25FN2O4. The fourth-order valence-corrected chi connectivity index (χ4v) is 3.66. The van der Waals surface area contributed by atoms with E-state index in [9.17, 15) is 19.1 Å². The molecule has 30 heavy (non-hydrogen) atoms. The van der Waals surface area contributed by atoms with Gasteiger partial charge in [0, 0.05) is 26.3 Å². The minimum atomic E-state index is -0.797. The van der Waals surface area contributed by atoms with E-state index < -0.39 is 29.3 Å². The number of aliphatic hydroxyl groups excluding tert-OH is 1. The van der Waals surface area contributed by atoms with Crippen LogP contribution >= 0.6 is 0 Å². The highest BCUT2D eigenvalue weighted by molar-refractivity contribution is 6.46. The van der Waals surface area contributed by atoms with Crippen LogP contribution in [-0.2, 0) is 9.59 Å². The third-order valence-corrected chi connectivity index (χ3v) is 5.15. The van der Waals surface area contributed by atoms with Gasteiger partial charge in [-0.05, 0) is 42.3 Å². The quantitative estimate of drug-likeness (QED) is 0.445. The maximum Gasteiger partial charge on any atom is 0.295 e. The summed E-state index contributed by atoms with van der Waals surface area (Å²) < 4.78 is 19.1. The molecule has 0 spiro atoms. The molecule has 2 aromatic rings. The molecule has 1 aliphatic rings. The third-order valence-electron chi connectivity index (χ3n) is 5.15. The molecule has 1 atom stereocenters. The van der Waals surface area contributed by atoms with Crippen molar-refractivity contribution >= 4 is 23.1 Å². The molecule has 1 aliphatic heterocycles. The predicted molar refractivity (Wildman–Crippen MR) is 113 cm³/mol. The number of carbonyl (C=O) groups is 2. The van der Waals surface area contributed by atoms with Crippen LogP contribution in [-0.4, -0.2) is 49.4 Å². The number of likely N-dealkylation sites (tertiary alicyclic amines) is 1. The van der Waals surface area contributed by atoms with Gasteiger partial charge in [0.1, 0.15) is 17.3 Å². The van der Waals surface area contributed by atoms with Crippen LogP contribution in [0.1, 0.15) is 30.5 Å². The molecule has 0 aliphatic carbocycles. The highest BCUT2D eigenvalue weighted by Gasteiger charge is 2.45. The van der Waals surface area contributed by atoms with E-state index >= 15 is 0 Å². The Hall–Kier alpha value is -3.35. The van der Waals surface area contributed by atoms with Crippen molar-refractivity contribution in [2.45, 2.75) is 19.4 Å². The van der Waals surface area contributed by atoms with Gasteiger partial charge in [-0.3, -0.25) is 9.59 Å². The summed E-state index contributed by atoms with van der Waals surface area (Å²) in [4.78, 5) is 29.0. The molecule has 1 saturated heterocycles. The highest BCUT2D eigenvalue weighted by Crippen LogP contribution is 2.41. The van der Waals surface area contributed by atoms with Crippen LogP contribution in [0.5, 0.6) is 5.75 Å². The summed E-state index contributed by atoms with van der Waals surface area (Å²) in [5, 5.41) is 11.0. The van der Waals surface area contributed by atoms with Crippen LogP contribution in [0.2, 0.25) is 0 Å². The molecule has 0 aromatic heterocycles. The van der Waals surface area contributed by atoms with Gasteiger partial charge in [-0.15, -0.1) is 0 Å². The molecule has 6 nitrogen and oxygen atoms in total. The zero-order valence-electron chi connectivity index (χ0n) is 17.5. The molecule has 7 heteroatoms. The molecule has 1 N–H and O–H groups in total. The summed E-state index contributed by atoms with van der Waals surface area (Å²) in [6.07, 6.45) is 0.641. The number of ether oxygens (including phenoxy) is 1. The summed E-state index contributed by atoms with van der Waals surface area (Å²) in [7, 11) is 5.21. The number of nitrogens with zero attached hydrogens (tertiary/aromatic N) is 2. The number of methoxy groups -OCH3 is 1. The number of ketones is 1. The van der Waals surface area contributed by atoms with Gasteiger partial charge in [0.2, 0.25) is 0 Å². The van der Waals surface area contributed by atoms with Gasteiger partial charge < -0.3 is 19.6 Å². The number of aliphatic hydroxyl groups is 1. The summed E-state index contributed by atoms with van der Waals surface area (Å²) in [5.74, 6) is -2.32. The van der Waals surface area contributed by atoms with Crippen molar-refractivity contribution in [3.8, 4) is 5.75 Å². The second kappa shape index (κ2) is 8.57. The lowest BCUT2D eigenvalue weighted by Crippen LogP contribution is -2.30. The summed E-state index contributed by atoms with van der Waals surface area (Å²) in [6.45, 7) is 2.25. The van der Waals surface area contributed by atoms with Crippen molar-refractivity contribution < 1.29 is 23.8 Å². The molecule has 1 unspecified atom stereocenters. The number of Topliss-reactive ketones (excluding diaryl/α,β-unsaturated/α-hetero) is 1. The van der Waals surface area contributed by atoms with Gasteiger partial charge in [-0.1, -0.05) is 19.1 Å². The van der Waals surface area contributed by atoms with E-state index in [1.165, 1.54) is 24.1 Å². The van der Waals surface area contributed by atoms with Gasteiger partial charge in [-0.2, -0.15) is 0 Å². The van der Waals surface area contributed by atoms with E-state index in [1.807, 2.05) is 50.2 Å². The molecule has 1 fully saturated rings. The summed E-state index contributed by atoms with van der Waals surface area (Å²) in [5.41, 5.74) is 1.60. The Balaban J connectivity index is 2.21. The van der Waals surface area contributed by atoms with Crippen molar-refractivity contribution in [2.75, 3.05) is 32.6 Å². The number of rotatable bonds is 6. The summed E-state index contributed by atoms with van der Waals surface area (Å²) >= 11 is 0. The first-order chi connectivity index (χ1) is 14.3. The Morgan fingerprint density at radius 1 is 1.17 bits per heavy atom. The Morgan fingerprint density at radius 3 is 2.40 bits per heavy atom. The number of halogens is 1. The number of carbonyl (C=O) groups excluding carboxylic acids is 2. The number of amides is 1. The van der Waals surface area contributed by atoms with Crippen molar-refractivity contribution in [3.63, 3.8) is 0 Å². The van der Waals surface area contributed by atoms with Crippen molar-refractivity contribution in [1.29, 1.82) is 0 Å². The van der Waals surface area contributed by atoms with Crippen molar-refractivity contribution in [1.82, 2.24) is 4.90 Å². The minimum Gasteiger partial charge on any atom is -0.507 e. The van der Waals surface area contributed by atoms with E-state index in [0.29, 0.717) is 18.5 Å². The number of anilines is 1. The van der Waals surface area contributed by atoms with E-state index in [4.69, 9.17) is 4.74 Å². The maximum absolute atomic E-state index is 13.9. The first-order valence-corrected chi connectivity index (χ1v) is 9.69. The molecule has 1 heterocycles. The van der Waals surface area contributed by atoms with Crippen LogP contribution in [0.15, 0.2) is 48.0 Å². The number of hydrogen-bond donors (Lipinski definition) is 1. The van der Waals surface area contributed by atoms with Crippen LogP contribution in [0, 0.1) is 5.82 Å². The minimum absolute atomic E-state index is 0.0295. The average molecular weight is 412 g/mol. The summed E-state index contributed by atoms with van der Waals surface area (Å²) in [6, 6.07) is 10.3. The predicted octanol–water partition coefficient (Wildman–Crippen LogP) is 3.73. The topological polar surface area (TPSA) is 70.1 Å². The number of hydrogen-bond acceptors (Lipinski definition) is 5. The zero-order chi connectivity index (χ0) is 22.0. The van der Waals surface area contributed by atoms with Crippen molar-refractivity contribution in [2.24, 2.45) is 0 Å². The monoisotopic (exact) mass is 412 g/mol. The first-order valence-electron chi connectivity index (χ1n) is 9.69. The Kier molecular flexibility index (Phi) is 6.10. The fourth-order valence-electron chi connectivity index (χ4n) is 3.66. The van der Waals surface area contributed by atoms with Crippen molar-refractivity contribution in [3.05, 3.63) is 65.0 Å². The second-order valence-corrected chi connectivity index (χ2v) is 7.32. The van der Waals surface area contributed by atoms with Gasteiger partial charge in [0.25, 0.3) is 11.7 Å². The standard InChI is InChI=1S/C23H25FN2O4/c1-5-12-26-20(14-6-9-16(10-7-14)25(2)3)19(22(28)23(26)29)21(27)17-13-15(24)8-11-18(17)30-4/h6-11,13,20,27H,5,12H2,1-4H3/b21-19+. The molecular weight excluding hydrogens is 387 g/mol. The van der Waals surface area contributed by atoms with E-state index in [2.05, 4.69) is 0 Å². The van der Waals surface area contributed by atoms with E-state index in [0.717, 1.165) is 11.8 Å². The van der Waals surface area contributed by atoms with Crippen LogP contribution < -0.4 is 9.64 Å². The normalized spacial score (nSPS) is 18.0. The Bertz CT molecular complexity index is 999. The molecule has 0 bridgehead atoms. The zero-order valence-corrected chi connectivity index (χ0v) is 17.5. The van der Waals surface area contributed by atoms with Gasteiger partial charge in [-0.25, -0.2) is 4.39 Å². The maximum atomic E-state index is 13.9. The second-order valence-electron chi connectivity index (χ2n) is 7.32. The Morgan fingerprint density at radius 2 is 1.83 bits per heavy atom. The van der Waals surface area contributed by atoms with Gasteiger partial charge >= 0.3 is 0 Å². The lowest BCUT2D eigenvalue weighted by molar-refractivity contribution is -0.139. The van der Waals surface area contributed by atoms with Gasteiger partial charge in [0.15, 0.2) is 0 Å². The lowest BCUT2D eigenvalue weighted by Gasteiger charge is -2.25. The van der Waals surface area contributed by atoms with E-state index in [-0.39, 0.29) is 16.9 Å². The molecule has 3 rings (SSSR count). The molecule has 0 radical (unpaired) electrons. The van der Waals surface area contributed by atoms with Crippen LogP contribution in [0.25, 0.3) is 5.76 Å².